The molecule has 3 aromatic rings. The highest BCUT2D eigenvalue weighted by Crippen LogP contribution is 2.20. The molecule has 8 heteroatoms. The number of benzene rings is 2. The monoisotopic (exact) mass is 482 g/mol. The Labute approximate surface area is 205 Å². The Kier molecular flexibility index (Phi) is 7.79. The van der Waals surface area contributed by atoms with E-state index < -0.39 is 5.60 Å². The predicted octanol–water partition coefficient (Wildman–Crippen LogP) is 3.99. The number of nitrogens with one attached hydrogen (secondary N) is 1. The van der Waals surface area contributed by atoms with Crippen molar-refractivity contribution in [1.82, 2.24) is 20.0 Å². The molecule has 0 radical (unpaired) electrons. The zero-order chi connectivity index (χ0) is 23.6. The van der Waals surface area contributed by atoms with Gasteiger partial charge in [-0.15, -0.1) is 12.4 Å². The lowest BCUT2D eigenvalue weighted by molar-refractivity contribution is -0.139. The molecule has 4 rings (SSSR count). The fraction of sp³-hybridized carbons (Fsp3) is 0.346. The Morgan fingerprint density at radius 1 is 1.12 bits per heavy atom. The molecule has 1 atom stereocenters. The summed E-state index contributed by atoms with van der Waals surface area (Å²) in [5, 5.41) is 18.4. The van der Waals surface area contributed by atoms with E-state index in [0.29, 0.717) is 25.2 Å². The molecule has 180 valence electrons. The van der Waals surface area contributed by atoms with E-state index in [-0.39, 0.29) is 36.7 Å². The highest BCUT2D eigenvalue weighted by Gasteiger charge is 2.32. The van der Waals surface area contributed by atoms with Gasteiger partial charge in [-0.3, -0.25) is 14.7 Å². The van der Waals surface area contributed by atoms with E-state index in [1.165, 1.54) is 0 Å². The van der Waals surface area contributed by atoms with Crippen LogP contribution in [0.1, 0.15) is 48.8 Å². The van der Waals surface area contributed by atoms with Crippen molar-refractivity contribution in [2.75, 3.05) is 19.6 Å². The fourth-order valence-electron chi connectivity index (χ4n) is 4.19. The highest BCUT2D eigenvalue weighted by molar-refractivity contribution is 5.95. The summed E-state index contributed by atoms with van der Waals surface area (Å²) in [5.74, 6) is -0.117. The van der Waals surface area contributed by atoms with E-state index in [9.17, 15) is 14.7 Å². The smallest absolute Gasteiger partial charge is 0.253 e. The zero-order valence-electron chi connectivity index (χ0n) is 19.7. The van der Waals surface area contributed by atoms with E-state index in [2.05, 4.69) is 10.2 Å². The van der Waals surface area contributed by atoms with Crippen molar-refractivity contribution in [2.24, 2.45) is 0 Å². The lowest BCUT2D eigenvalue weighted by atomic mass is 10.0. The maximum absolute atomic E-state index is 13.0. The lowest BCUT2D eigenvalue weighted by Gasteiger charge is -2.40. The van der Waals surface area contributed by atoms with Crippen molar-refractivity contribution in [3.63, 3.8) is 0 Å². The molecule has 2 amide bonds. The summed E-state index contributed by atoms with van der Waals surface area (Å²) < 4.78 is 0. The number of aromatic nitrogens is 2. The average molecular weight is 483 g/mol. The van der Waals surface area contributed by atoms with Gasteiger partial charge in [0.15, 0.2) is 0 Å². The lowest BCUT2D eigenvalue weighted by Crippen LogP contribution is -2.56. The molecule has 1 unspecified atom stereocenters. The van der Waals surface area contributed by atoms with Gasteiger partial charge in [0.1, 0.15) is 0 Å². The normalized spacial score (nSPS) is 16.6. The van der Waals surface area contributed by atoms with Crippen LogP contribution in [-0.4, -0.2) is 68.2 Å². The molecule has 1 fully saturated rings. The maximum Gasteiger partial charge on any atom is 0.253 e. The third-order valence-corrected chi connectivity index (χ3v) is 5.91. The number of para-hydroxylation sites is 1. The van der Waals surface area contributed by atoms with Gasteiger partial charge >= 0.3 is 0 Å². The second kappa shape index (κ2) is 10.4. The Bertz CT molecular complexity index is 1180. The van der Waals surface area contributed by atoms with Gasteiger partial charge in [0.05, 0.1) is 23.2 Å². The highest BCUT2D eigenvalue weighted by atomic mass is 35.5. The van der Waals surface area contributed by atoms with Gasteiger partial charge < -0.3 is 14.9 Å². The van der Waals surface area contributed by atoms with Crippen LogP contribution < -0.4 is 0 Å². The van der Waals surface area contributed by atoms with Crippen LogP contribution in [0.25, 0.3) is 23.1 Å². The summed E-state index contributed by atoms with van der Waals surface area (Å²) in [7, 11) is 0. The average Bonchev–Trinajstić information content (AvgIpc) is 3.19. The second-order valence-corrected chi connectivity index (χ2v) is 9.29. The summed E-state index contributed by atoms with van der Waals surface area (Å²) in [6.07, 6.45) is 4.02. The molecule has 1 aromatic heterocycles. The maximum atomic E-state index is 13.0. The number of halogens is 1. The van der Waals surface area contributed by atoms with Crippen molar-refractivity contribution in [1.29, 1.82) is 0 Å². The summed E-state index contributed by atoms with van der Waals surface area (Å²) in [5.41, 5.74) is 2.44. The molecule has 0 bridgehead atoms. The van der Waals surface area contributed by atoms with E-state index in [1.807, 2.05) is 67.6 Å². The predicted molar refractivity (Wildman–Crippen MR) is 137 cm³/mol. The quantitative estimate of drug-likeness (QED) is 0.575. The summed E-state index contributed by atoms with van der Waals surface area (Å²) in [6.45, 7) is 6.63. The minimum atomic E-state index is -1.04. The third kappa shape index (κ3) is 5.85. The number of H-pyrrole nitrogens is 1. The van der Waals surface area contributed by atoms with Crippen LogP contribution in [0.2, 0.25) is 0 Å². The minimum absolute atomic E-state index is 0. The van der Waals surface area contributed by atoms with E-state index in [4.69, 9.17) is 0 Å². The van der Waals surface area contributed by atoms with E-state index in [1.54, 1.807) is 23.6 Å². The molecule has 0 spiro atoms. The molecular weight excluding hydrogens is 452 g/mol. The molecule has 2 N–H and O–H groups in total. The molecule has 1 aliphatic heterocycles. The number of hydrogen-bond donors (Lipinski definition) is 2. The van der Waals surface area contributed by atoms with Crippen molar-refractivity contribution >= 4 is 47.3 Å². The number of aliphatic hydroxyl groups is 1. The van der Waals surface area contributed by atoms with Gasteiger partial charge in [-0.1, -0.05) is 36.4 Å². The van der Waals surface area contributed by atoms with Crippen molar-refractivity contribution in [3.8, 4) is 0 Å². The molecule has 0 saturated carbocycles. The van der Waals surface area contributed by atoms with E-state index in [0.717, 1.165) is 22.2 Å². The first-order chi connectivity index (χ1) is 15.7. The number of hydrogen-bond acceptors (Lipinski definition) is 4. The molecule has 0 aliphatic carbocycles. The second-order valence-electron chi connectivity index (χ2n) is 9.29. The van der Waals surface area contributed by atoms with Gasteiger partial charge in [0.2, 0.25) is 5.91 Å². The van der Waals surface area contributed by atoms with Gasteiger partial charge in [0, 0.05) is 36.6 Å². The molecule has 2 heterocycles. The van der Waals surface area contributed by atoms with Crippen molar-refractivity contribution < 1.29 is 14.7 Å². The number of piperazine rings is 1. The van der Waals surface area contributed by atoms with Crippen LogP contribution in [0.4, 0.5) is 0 Å². The molecule has 1 saturated heterocycles. The minimum Gasteiger partial charge on any atom is -0.390 e. The first-order valence-corrected chi connectivity index (χ1v) is 11.2. The Balaban J connectivity index is 0.00000324. The number of nitrogens with zero attached hydrogens (tertiary/aromatic N) is 3. The van der Waals surface area contributed by atoms with Gasteiger partial charge in [-0.2, -0.15) is 5.10 Å². The summed E-state index contributed by atoms with van der Waals surface area (Å²) in [6, 6.07) is 15.4. The van der Waals surface area contributed by atoms with Crippen LogP contribution in [0.15, 0.2) is 48.5 Å². The van der Waals surface area contributed by atoms with Gasteiger partial charge in [-0.05, 0) is 50.6 Å². The molecular formula is C26H31ClN4O3. The van der Waals surface area contributed by atoms with Crippen molar-refractivity contribution in [2.45, 2.75) is 38.8 Å². The standard InChI is InChI=1S/C26H30N4O3.ClH/c1-18-17-29(14-15-30(18)24(31)16-26(2,3)33)25(32)20-11-8-19(9-12-20)10-13-23-21-6-4-5-7-22(21)27-28-23;/h4-13,18,33H,14-17H2,1-3H3,(H,27,28);1H. The summed E-state index contributed by atoms with van der Waals surface area (Å²) in [4.78, 5) is 29.0. The first-order valence-electron chi connectivity index (χ1n) is 11.2. The molecule has 34 heavy (non-hydrogen) atoms. The Morgan fingerprint density at radius 3 is 2.50 bits per heavy atom. The van der Waals surface area contributed by atoms with Crippen LogP contribution in [0.3, 0.4) is 0 Å². The van der Waals surface area contributed by atoms with Crippen LogP contribution >= 0.6 is 12.4 Å². The van der Waals surface area contributed by atoms with Crippen molar-refractivity contribution in [3.05, 3.63) is 65.4 Å². The summed E-state index contributed by atoms with van der Waals surface area (Å²) >= 11 is 0. The number of fused-ring (bicyclic) bond motifs is 1. The first kappa shape index (κ1) is 25.5. The number of carbonyl (C=O) groups is 2. The van der Waals surface area contributed by atoms with E-state index >= 15 is 0 Å². The molecule has 1 aliphatic rings. The number of rotatable bonds is 5. The van der Waals surface area contributed by atoms with Gasteiger partial charge in [-0.25, -0.2) is 0 Å². The molecule has 2 aromatic carbocycles. The van der Waals surface area contributed by atoms with Crippen LogP contribution in [0.5, 0.6) is 0 Å². The largest absolute Gasteiger partial charge is 0.390 e. The number of aromatic amines is 1. The number of amides is 2. The third-order valence-electron chi connectivity index (χ3n) is 5.91. The molecule has 7 nitrogen and oxygen atoms in total. The van der Waals surface area contributed by atoms with Crippen LogP contribution in [0, 0.1) is 0 Å². The Morgan fingerprint density at radius 2 is 1.82 bits per heavy atom. The van der Waals surface area contributed by atoms with Crippen LogP contribution in [-0.2, 0) is 4.79 Å². The fourth-order valence-corrected chi connectivity index (χ4v) is 4.19. The Hall–Kier alpha value is -3.16. The SMILES string of the molecule is CC1CN(C(=O)c2ccc(C=Cc3n[nH]c4ccccc34)cc2)CCN1C(=O)CC(C)(C)O.Cl. The topological polar surface area (TPSA) is 89.5 Å². The van der Waals surface area contributed by atoms with Gasteiger partial charge in [0.25, 0.3) is 5.91 Å². The zero-order valence-corrected chi connectivity index (χ0v) is 20.5. The number of carbonyl (C=O) groups excluding carboxylic acids is 2.